The highest BCUT2D eigenvalue weighted by Gasteiger charge is 2.43. The number of amides is 2. The fourth-order valence-electron chi connectivity index (χ4n) is 3.60. The lowest BCUT2D eigenvalue weighted by Crippen LogP contribution is -2.43. The van der Waals surface area contributed by atoms with Crippen LogP contribution in [0.5, 0.6) is 0 Å². The Bertz CT molecular complexity index is 1090. The summed E-state index contributed by atoms with van der Waals surface area (Å²) in [4.78, 5) is 37.2. The van der Waals surface area contributed by atoms with Crippen molar-refractivity contribution in [2.45, 2.75) is 45.4 Å². The third-order valence-corrected chi connectivity index (χ3v) is 6.79. The molecule has 0 unspecified atom stereocenters. The summed E-state index contributed by atoms with van der Waals surface area (Å²) in [5, 5.41) is 3.03. The average molecular weight is 435 g/mol. The van der Waals surface area contributed by atoms with Crippen molar-refractivity contribution in [1.29, 1.82) is 0 Å². The number of thioether (sulfide) groups is 1. The van der Waals surface area contributed by atoms with Gasteiger partial charge in [0.05, 0.1) is 10.9 Å². The van der Waals surface area contributed by atoms with E-state index in [9.17, 15) is 9.59 Å². The summed E-state index contributed by atoms with van der Waals surface area (Å²) in [6.07, 6.45) is 0.859. The number of anilines is 1. The molecule has 4 rings (SSSR count). The molecule has 1 N–H and O–H groups in total. The number of aryl methyl sites for hydroxylation is 1. The van der Waals surface area contributed by atoms with E-state index in [1.165, 1.54) is 11.8 Å². The average Bonchev–Trinajstić information content (AvgIpc) is 3.12. The zero-order chi connectivity index (χ0) is 22.1. The Morgan fingerprint density at radius 3 is 2.61 bits per heavy atom. The Balaban J connectivity index is 1.61. The molecule has 0 radical (unpaired) electrons. The van der Waals surface area contributed by atoms with Crippen molar-refractivity contribution in [3.8, 4) is 0 Å². The number of hydrogen-bond donors (Lipinski definition) is 1. The molecule has 160 valence electrons. The molecule has 2 aliphatic rings. The van der Waals surface area contributed by atoms with Gasteiger partial charge in [-0.3, -0.25) is 14.6 Å². The first-order valence-electron chi connectivity index (χ1n) is 10.5. The fraction of sp³-hybridized carbons (Fsp3) is 0.333. The Kier molecular flexibility index (Phi) is 5.96. The molecule has 2 aliphatic heterocycles. The number of aliphatic imine (C=N–C) groups is 2. The van der Waals surface area contributed by atoms with E-state index in [-0.39, 0.29) is 17.7 Å². The van der Waals surface area contributed by atoms with E-state index in [1.807, 2.05) is 69.3 Å². The largest absolute Gasteiger partial charge is 0.325 e. The summed E-state index contributed by atoms with van der Waals surface area (Å²) in [5.74, 6) is 0.557. The van der Waals surface area contributed by atoms with Crippen LogP contribution in [0, 0.1) is 12.8 Å². The molecule has 7 heteroatoms. The second-order valence-electron chi connectivity index (χ2n) is 7.93. The molecule has 2 heterocycles. The summed E-state index contributed by atoms with van der Waals surface area (Å²) >= 11 is 1.28. The highest BCUT2D eigenvalue weighted by molar-refractivity contribution is 8.15. The van der Waals surface area contributed by atoms with Crippen LogP contribution in [0.4, 0.5) is 11.4 Å². The van der Waals surface area contributed by atoms with Crippen LogP contribution in [-0.4, -0.2) is 39.0 Å². The Morgan fingerprint density at radius 2 is 1.87 bits per heavy atom. The first kappa shape index (κ1) is 21.3. The van der Waals surface area contributed by atoms with Crippen LogP contribution in [0.2, 0.25) is 0 Å². The molecule has 2 aromatic rings. The molecule has 0 aliphatic carbocycles. The first-order chi connectivity index (χ1) is 14.9. The van der Waals surface area contributed by atoms with Gasteiger partial charge < -0.3 is 5.32 Å². The lowest BCUT2D eigenvalue weighted by atomic mass is 10.00. The molecule has 0 spiro atoms. The van der Waals surface area contributed by atoms with Gasteiger partial charge in [0.25, 0.3) is 5.91 Å². The highest BCUT2D eigenvalue weighted by Crippen LogP contribution is 2.36. The van der Waals surface area contributed by atoms with E-state index < -0.39 is 11.3 Å². The minimum Gasteiger partial charge on any atom is -0.325 e. The van der Waals surface area contributed by atoms with Gasteiger partial charge in [-0.2, -0.15) is 0 Å². The maximum Gasteiger partial charge on any atom is 0.259 e. The monoisotopic (exact) mass is 434 g/mol. The standard InChI is InChI=1S/C24H26N4O2S/c1-5-14(2)20-23(30)28-21(27-20)17-11-7-9-13-19(17)26-24(28)31-16(4)22(29)25-18-12-8-6-10-15(18)3/h6-14,16,20H,5H2,1-4H3,(H,25,29)/t14-,16+,20+/m0/s1. The summed E-state index contributed by atoms with van der Waals surface area (Å²) in [7, 11) is 0. The predicted molar refractivity (Wildman–Crippen MR) is 127 cm³/mol. The van der Waals surface area contributed by atoms with Crippen molar-refractivity contribution >= 4 is 46.0 Å². The lowest BCUT2D eigenvalue weighted by Gasteiger charge is -2.27. The van der Waals surface area contributed by atoms with Gasteiger partial charge in [-0.15, -0.1) is 0 Å². The minimum atomic E-state index is -0.444. The summed E-state index contributed by atoms with van der Waals surface area (Å²) in [6.45, 7) is 7.88. The van der Waals surface area contributed by atoms with Crippen molar-refractivity contribution in [3.63, 3.8) is 0 Å². The van der Waals surface area contributed by atoms with Crippen molar-refractivity contribution in [2.24, 2.45) is 15.9 Å². The minimum absolute atomic E-state index is 0.0726. The number of amidine groups is 2. The third-order valence-electron chi connectivity index (χ3n) is 5.74. The van der Waals surface area contributed by atoms with Crippen LogP contribution in [0.3, 0.4) is 0 Å². The van der Waals surface area contributed by atoms with Crippen LogP contribution in [0.15, 0.2) is 58.5 Å². The molecule has 2 amide bonds. The van der Waals surface area contributed by atoms with Crippen LogP contribution in [-0.2, 0) is 9.59 Å². The molecular formula is C24H26N4O2S. The Hall–Kier alpha value is -2.93. The summed E-state index contributed by atoms with van der Waals surface area (Å²) in [5.41, 5.74) is 3.40. The van der Waals surface area contributed by atoms with E-state index in [2.05, 4.69) is 12.2 Å². The van der Waals surface area contributed by atoms with E-state index >= 15 is 0 Å². The summed E-state index contributed by atoms with van der Waals surface area (Å²) < 4.78 is 0. The Labute approximate surface area is 186 Å². The second-order valence-corrected chi connectivity index (χ2v) is 9.24. The van der Waals surface area contributed by atoms with Crippen LogP contribution >= 0.6 is 11.8 Å². The highest BCUT2D eigenvalue weighted by atomic mass is 32.2. The van der Waals surface area contributed by atoms with Crippen molar-refractivity contribution in [3.05, 3.63) is 59.7 Å². The number of para-hydroxylation sites is 2. The molecule has 0 saturated carbocycles. The molecule has 0 saturated heterocycles. The lowest BCUT2D eigenvalue weighted by molar-refractivity contribution is -0.125. The zero-order valence-corrected chi connectivity index (χ0v) is 18.9. The molecule has 31 heavy (non-hydrogen) atoms. The normalized spacial score (nSPS) is 19.2. The molecule has 0 aromatic heterocycles. The number of hydrogen-bond acceptors (Lipinski definition) is 5. The van der Waals surface area contributed by atoms with Gasteiger partial charge in [-0.1, -0.05) is 62.4 Å². The third kappa shape index (κ3) is 4.02. The SMILES string of the molecule is CC[C@H](C)[C@H]1N=C2c3ccccc3N=C(S[C@H](C)C(=O)Nc3ccccc3C)N2C1=O. The first-order valence-corrected chi connectivity index (χ1v) is 11.4. The molecule has 3 atom stereocenters. The zero-order valence-electron chi connectivity index (χ0n) is 18.1. The van der Waals surface area contributed by atoms with E-state index in [0.29, 0.717) is 11.0 Å². The maximum absolute atomic E-state index is 13.3. The molecule has 0 bridgehead atoms. The quantitative estimate of drug-likeness (QED) is 0.737. The van der Waals surface area contributed by atoms with Crippen molar-refractivity contribution in [1.82, 2.24) is 4.90 Å². The predicted octanol–water partition coefficient (Wildman–Crippen LogP) is 4.76. The van der Waals surface area contributed by atoms with Crippen LogP contribution in [0.25, 0.3) is 0 Å². The fourth-order valence-corrected chi connectivity index (χ4v) is 4.52. The van der Waals surface area contributed by atoms with Gasteiger partial charge in [-0.05, 0) is 43.5 Å². The number of benzene rings is 2. The number of carbonyl (C=O) groups is 2. The second kappa shape index (κ2) is 8.67. The van der Waals surface area contributed by atoms with Gasteiger partial charge in [-0.25, -0.2) is 9.89 Å². The van der Waals surface area contributed by atoms with E-state index in [1.54, 1.807) is 4.90 Å². The summed E-state index contributed by atoms with van der Waals surface area (Å²) in [6, 6.07) is 14.9. The number of nitrogens with one attached hydrogen (secondary N) is 1. The van der Waals surface area contributed by atoms with Gasteiger partial charge in [0, 0.05) is 11.3 Å². The Morgan fingerprint density at radius 1 is 1.16 bits per heavy atom. The number of fused-ring (bicyclic) bond motifs is 3. The van der Waals surface area contributed by atoms with Crippen LogP contribution in [0.1, 0.15) is 38.3 Å². The van der Waals surface area contributed by atoms with Gasteiger partial charge in [0.2, 0.25) is 5.91 Å². The molecule has 0 fully saturated rings. The molecule has 2 aromatic carbocycles. The topological polar surface area (TPSA) is 74.1 Å². The van der Waals surface area contributed by atoms with Gasteiger partial charge in [0.1, 0.15) is 11.9 Å². The number of nitrogens with zero attached hydrogens (tertiary/aromatic N) is 3. The number of rotatable bonds is 5. The van der Waals surface area contributed by atoms with Crippen molar-refractivity contribution < 1.29 is 9.59 Å². The maximum atomic E-state index is 13.3. The van der Waals surface area contributed by atoms with E-state index in [0.717, 1.165) is 28.9 Å². The van der Waals surface area contributed by atoms with Crippen LogP contribution < -0.4 is 5.32 Å². The van der Waals surface area contributed by atoms with Gasteiger partial charge >= 0.3 is 0 Å². The smallest absolute Gasteiger partial charge is 0.259 e. The molecule has 6 nitrogen and oxygen atoms in total. The van der Waals surface area contributed by atoms with Crippen molar-refractivity contribution in [2.75, 3.05) is 5.32 Å². The number of carbonyl (C=O) groups excluding carboxylic acids is 2. The van der Waals surface area contributed by atoms with Gasteiger partial charge in [0.15, 0.2) is 5.17 Å². The van der Waals surface area contributed by atoms with E-state index in [4.69, 9.17) is 9.98 Å². The molecular weight excluding hydrogens is 408 g/mol.